The molecule has 47 heavy (non-hydrogen) atoms. The van der Waals surface area contributed by atoms with Gasteiger partial charge in [0.25, 0.3) is 5.91 Å². The number of amides is 1. The number of para-hydroxylation sites is 3. The van der Waals surface area contributed by atoms with Crippen LogP contribution in [0.25, 0.3) is 0 Å². The fourth-order valence-electron chi connectivity index (χ4n) is 6.14. The van der Waals surface area contributed by atoms with Crippen molar-refractivity contribution in [3.8, 4) is 23.1 Å². The maximum Gasteiger partial charge on any atom is 0.262 e. The van der Waals surface area contributed by atoms with Crippen molar-refractivity contribution < 1.29 is 23.4 Å². The number of nitrogens with zero attached hydrogens (tertiary/aromatic N) is 3. The molecule has 6 rings (SSSR count). The highest BCUT2D eigenvalue weighted by Gasteiger charge is 2.33. The van der Waals surface area contributed by atoms with Crippen LogP contribution in [0.15, 0.2) is 60.8 Å². The van der Waals surface area contributed by atoms with Crippen molar-refractivity contribution in [1.29, 1.82) is 0 Å². The van der Waals surface area contributed by atoms with Crippen LogP contribution in [0.1, 0.15) is 66.6 Å². The summed E-state index contributed by atoms with van der Waals surface area (Å²) in [5, 5.41) is 6.09. The summed E-state index contributed by atoms with van der Waals surface area (Å²) in [6.45, 7) is 11.4. The van der Waals surface area contributed by atoms with Gasteiger partial charge in [0.15, 0.2) is 23.1 Å². The second kappa shape index (κ2) is 14.0. The lowest BCUT2D eigenvalue weighted by molar-refractivity contribution is 0.102. The number of ether oxygens (including phenoxy) is 3. The molecule has 3 aromatic carbocycles. The van der Waals surface area contributed by atoms with Gasteiger partial charge in [0.2, 0.25) is 11.8 Å². The Morgan fingerprint density at radius 2 is 1.77 bits per heavy atom. The Kier molecular flexibility index (Phi) is 9.58. The van der Waals surface area contributed by atoms with Crippen molar-refractivity contribution >= 4 is 23.2 Å². The number of aryl methyl sites for hydroxylation is 2. The SMILES string of the molecule is Cc1cccc(C)c1NC(=O)c1cnc(Nc2cccc(F)c2OCCCN2CCCCC2)nc1Oc1cccc2c1OC(C)(C)C2. The lowest BCUT2D eigenvalue weighted by atomic mass is 10.0. The van der Waals surface area contributed by atoms with Crippen LogP contribution < -0.4 is 24.8 Å². The summed E-state index contributed by atoms with van der Waals surface area (Å²) in [5.41, 5.74) is 3.65. The Labute approximate surface area is 275 Å². The van der Waals surface area contributed by atoms with E-state index in [0.29, 0.717) is 29.5 Å². The molecular formula is C37H42FN5O4. The molecule has 0 aliphatic carbocycles. The molecular weight excluding hydrogens is 597 g/mol. The van der Waals surface area contributed by atoms with E-state index in [9.17, 15) is 4.79 Å². The molecule has 4 aromatic rings. The van der Waals surface area contributed by atoms with E-state index in [2.05, 4.69) is 25.5 Å². The second-order valence-electron chi connectivity index (χ2n) is 12.9. The van der Waals surface area contributed by atoms with Crippen LogP contribution in [0.2, 0.25) is 0 Å². The van der Waals surface area contributed by atoms with Crippen LogP contribution in [0.3, 0.4) is 0 Å². The number of carbonyl (C=O) groups excluding carboxylic acids is 1. The van der Waals surface area contributed by atoms with Crippen LogP contribution in [0, 0.1) is 19.7 Å². The number of likely N-dealkylation sites (tertiary alicyclic amines) is 1. The summed E-state index contributed by atoms with van der Waals surface area (Å²) in [5.74, 6) is 0.342. The molecule has 246 valence electrons. The largest absolute Gasteiger partial charge is 0.488 e. The smallest absolute Gasteiger partial charge is 0.262 e. The van der Waals surface area contributed by atoms with Gasteiger partial charge in [0.1, 0.15) is 11.2 Å². The first-order valence-corrected chi connectivity index (χ1v) is 16.3. The van der Waals surface area contributed by atoms with Gasteiger partial charge in [-0.25, -0.2) is 9.37 Å². The monoisotopic (exact) mass is 639 g/mol. The normalized spacial score (nSPS) is 15.4. The first kappa shape index (κ1) is 32.2. The molecule has 3 heterocycles. The number of halogens is 1. The Balaban J connectivity index is 1.27. The predicted octanol–water partition coefficient (Wildman–Crippen LogP) is 7.99. The summed E-state index contributed by atoms with van der Waals surface area (Å²) in [6, 6.07) is 16.1. The fourth-order valence-corrected chi connectivity index (χ4v) is 6.14. The van der Waals surface area contributed by atoms with Crippen molar-refractivity contribution in [1.82, 2.24) is 14.9 Å². The molecule has 2 aliphatic rings. The number of rotatable bonds is 11. The molecule has 0 saturated carbocycles. The van der Waals surface area contributed by atoms with Gasteiger partial charge in [-0.05, 0) is 89.4 Å². The zero-order valence-electron chi connectivity index (χ0n) is 27.5. The van der Waals surface area contributed by atoms with Crippen molar-refractivity contribution in [3.63, 3.8) is 0 Å². The minimum atomic E-state index is -0.492. The number of hydrogen-bond acceptors (Lipinski definition) is 8. The fraction of sp³-hybridized carbons (Fsp3) is 0.378. The number of nitrogens with one attached hydrogen (secondary N) is 2. The maximum atomic E-state index is 15.0. The Bertz CT molecular complexity index is 1730. The molecule has 1 amide bonds. The van der Waals surface area contributed by atoms with Crippen molar-refractivity contribution in [3.05, 3.63) is 88.9 Å². The molecule has 0 atom stereocenters. The second-order valence-corrected chi connectivity index (χ2v) is 12.9. The topological polar surface area (TPSA) is 97.8 Å². The van der Waals surface area contributed by atoms with Crippen LogP contribution in [-0.2, 0) is 6.42 Å². The van der Waals surface area contributed by atoms with Crippen molar-refractivity contribution in [2.24, 2.45) is 0 Å². The van der Waals surface area contributed by atoms with E-state index in [0.717, 1.165) is 49.2 Å². The standard InChI is InChI=1S/C37H42FN5O4/c1-24-12-8-13-25(2)31(24)41-34(44)27-23-39-36(42-35(27)46-30-17-9-14-26-22-37(3,4)47-32(26)30)40-29-16-10-15-28(38)33(29)45-21-11-20-43-18-6-5-7-19-43/h8-10,12-17,23H,5-7,11,18-22H2,1-4H3,(H,41,44)(H,39,40,42). The first-order chi connectivity index (χ1) is 22.7. The Morgan fingerprint density at radius 3 is 2.55 bits per heavy atom. The minimum Gasteiger partial charge on any atom is -0.488 e. The molecule has 0 spiro atoms. The van der Waals surface area contributed by atoms with Gasteiger partial charge < -0.3 is 29.7 Å². The van der Waals surface area contributed by atoms with E-state index in [-0.39, 0.29) is 23.1 Å². The molecule has 1 aromatic heterocycles. The summed E-state index contributed by atoms with van der Waals surface area (Å²) in [7, 11) is 0. The number of carbonyl (C=O) groups is 1. The van der Waals surface area contributed by atoms with Gasteiger partial charge in [-0.1, -0.05) is 42.8 Å². The third-order valence-electron chi connectivity index (χ3n) is 8.51. The van der Waals surface area contributed by atoms with E-state index in [1.54, 1.807) is 18.2 Å². The summed E-state index contributed by atoms with van der Waals surface area (Å²) in [6.07, 6.45) is 6.63. The van der Waals surface area contributed by atoms with Crippen LogP contribution in [-0.4, -0.2) is 52.6 Å². The average molecular weight is 640 g/mol. The lowest BCUT2D eigenvalue weighted by Crippen LogP contribution is -2.31. The molecule has 10 heteroatoms. The zero-order valence-corrected chi connectivity index (χ0v) is 27.5. The third-order valence-corrected chi connectivity index (χ3v) is 8.51. The molecule has 0 radical (unpaired) electrons. The Morgan fingerprint density at radius 1 is 1.02 bits per heavy atom. The molecule has 9 nitrogen and oxygen atoms in total. The zero-order chi connectivity index (χ0) is 33.0. The molecule has 1 saturated heterocycles. The van der Waals surface area contributed by atoms with Gasteiger partial charge in [0.05, 0.1) is 12.3 Å². The molecule has 0 bridgehead atoms. The van der Waals surface area contributed by atoms with Crippen molar-refractivity contribution in [2.75, 3.05) is 36.9 Å². The van der Waals surface area contributed by atoms with Gasteiger partial charge in [-0.2, -0.15) is 4.98 Å². The maximum absolute atomic E-state index is 15.0. The van der Waals surface area contributed by atoms with Gasteiger partial charge in [-0.3, -0.25) is 4.79 Å². The number of fused-ring (bicyclic) bond motifs is 1. The summed E-state index contributed by atoms with van der Waals surface area (Å²) in [4.78, 5) is 25.2. The number of piperidine rings is 1. The highest BCUT2D eigenvalue weighted by molar-refractivity contribution is 6.06. The molecule has 2 aliphatic heterocycles. The number of anilines is 3. The predicted molar refractivity (Wildman–Crippen MR) is 181 cm³/mol. The minimum absolute atomic E-state index is 0.0216. The van der Waals surface area contributed by atoms with E-state index >= 15 is 4.39 Å². The summed E-state index contributed by atoms with van der Waals surface area (Å²) < 4.78 is 33.5. The van der Waals surface area contributed by atoms with Crippen LogP contribution >= 0.6 is 0 Å². The molecule has 2 N–H and O–H groups in total. The van der Waals surface area contributed by atoms with E-state index in [4.69, 9.17) is 14.2 Å². The van der Waals surface area contributed by atoms with E-state index in [1.807, 2.05) is 58.0 Å². The van der Waals surface area contributed by atoms with Gasteiger partial charge >= 0.3 is 0 Å². The highest BCUT2D eigenvalue weighted by atomic mass is 19.1. The number of aromatic nitrogens is 2. The number of hydrogen-bond donors (Lipinski definition) is 2. The van der Waals surface area contributed by atoms with Crippen LogP contribution in [0.5, 0.6) is 23.1 Å². The van der Waals surface area contributed by atoms with E-state index < -0.39 is 17.3 Å². The summed E-state index contributed by atoms with van der Waals surface area (Å²) >= 11 is 0. The van der Waals surface area contributed by atoms with Gasteiger partial charge in [-0.15, -0.1) is 0 Å². The van der Waals surface area contributed by atoms with E-state index in [1.165, 1.54) is 31.5 Å². The Hall–Kier alpha value is -4.70. The average Bonchev–Trinajstić information content (AvgIpc) is 3.37. The lowest BCUT2D eigenvalue weighted by Gasteiger charge is -2.26. The van der Waals surface area contributed by atoms with Gasteiger partial charge in [0, 0.05) is 30.4 Å². The van der Waals surface area contributed by atoms with Crippen molar-refractivity contribution in [2.45, 2.75) is 65.4 Å². The van der Waals surface area contributed by atoms with Crippen LogP contribution in [0.4, 0.5) is 21.7 Å². The first-order valence-electron chi connectivity index (χ1n) is 16.3. The number of benzene rings is 3. The molecule has 0 unspecified atom stereocenters. The molecule has 1 fully saturated rings. The third kappa shape index (κ3) is 7.65. The highest BCUT2D eigenvalue weighted by Crippen LogP contribution is 2.44. The quantitative estimate of drug-likeness (QED) is 0.159.